The van der Waals surface area contributed by atoms with Crippen LogP contribution in [0.5, 0.6) is 0 Å². The molecule has 1 heterocycles. The first-order chi connectivity index (χ1) is 18.6. The number of aliphatic hydroxyl groups excluding tert-OH is 1. The number of fused-ring (bicyclic) bond motifs is 1. The molecule has 2 aromatic carbocycles. The minimum Gasteiger partial charge on any atom is -0.511 e. The van der Waals surface area contributed by atoms with Gasteiger partial charge in [-0.3, -0.25) is 24.7 Å². The van der Waals surface area contributed by atoms with Crippen molar-refractivity contribution in [3.63, 3.8) is 0 Å². The van der Waals surface area contributed by atoms with Crippen LogP contribution in [0.4, 0.5) is 11.4 Å². The molecule has 200 valence electrons. The third-order valence-corrected chi connectivity index (χ3v) is 7.31. The van der Waals surface area contributed by atoms with Crippen molar-refractivity contribution in [3.05, 3.63) is 98.6 Å². The smallest absolute Gasteiger partial charge is 0.269 e. The molecule has 1 atom stereocenters. The van der Waals surface area contributed by atoms with Gasteiger partial charge in [-0.15, -0.1) is 0 Å². The van der Waals surface area contributed by atoms with E-state index in [-0.39, 0.29) is 59.2 Å². The van der Waals surface area contributed by atoms with Gasteiger partial charge in [0.15, 0.2) is 11.6 Å². The Bertz CT molecular complexity index is 1500. The summed E-state index contributed by atoms with van der Waals surface area (Å²) in [6.45, 7) is 3.92. The highest BCUT2D eigenvalue weighted by Gasteiger charge is 2.37. The zero-order valence-electron chi connectivity index (χ0n) is 21.8. The molecule has 1 fully saturated rings. The summed E-state index contributed by atoms with van der Waals surface area (Å²) in [5, 5.41) is 26.2. The summed E-state index contributed by atoms with van der Waals surface area (Å²) in [6.07, 6.45) is 1.97. The van der Waals surface area contributed by atoms with E-state index in [2.05, 4.69) is 10.1 Å². The monoisotopic (exact) mass is 527 g/mol. The molecule has 2 aliphatic rings. The van der Waals surface area contributed by atoms with Crippen molar-refractivity contribution >= 4 is 28.7 Å². The lowest BCUT2D eigenvalue weighted by atomic mass is 9.73. The number of aryl methyl sites for hydroxylation is 1. The minimum absolute atomic E-state index is 0.0314. The number of nitrogens with zero attached hydrogens (tertiary/aromatic N) is 3. The van der Waals surface area contributed by atoms with Crippen LogP contribution in [0, 0.1) is 15.5 Å². The molecular weight excluding hydrogens is 498 g/mol. The largest absolute Gasteiger partial charge is 0.511 e. The molecule has 0 saturated heterocycles. The zero-order chi connectivity index (χ0) is 27.7. The third kappa shape index (κ3) is 5.57. The molecule has 1 aromatic heterocycles. The lowest BCUT2D eigenvalue weighted by Gasteiger charge is -2.31. The van der Waals surface area contributed by atoms with Gasteiger partial charge in [0.05, 0.1) is 33.2 Å². The summed E-state index contributed by atoms with van der Waals surface area (Å²) in [6, 6.07) is 15.6. The summed E-state index contributed by atoms with van der Waals surface area (Å²) < 4.78 is 5.55. The number of allylic oxidation sites excluding steroid dienone is 2. The predicted octanol–water partition coefficient (Wildman–Crippen LogP) is 6.40. The third-order valence-electron chi connectivity index (χ3n) is 7.31. The van der Waals surface area contributed by atoms with Crippen LogP contribution >= 0.6 is 0 Å². The quantitative estimate of drug-likeness (QED) is 0.169. The molecule has 9 nitrogen and oxygen atoms in total. The van der Waals surface area contributed by atoms with Crippen LogP contribution in [0.25, 0.3) is 0 Å². The van der Waals surface area contributed by atoms with Crippen molar-refractivity contribution in [2.24, 2.45) is 10.4 Å². The Morgan fingerprint density at radius 3 is 2.49 bits per heavy atom. The van der Waals surface area contributed by atoms with Crippen LogP contribution in [0.3, 0.4) is 0 Å². The number of rotatable bonds is 6. The highest BCUT2D eigenvalue weighted by Crippen LogP contribution is 2.38. The fourth-order valence-corrected chi connectivity index (χ4v) is 5.45. The number of aliphatic imine (C=N–C) groups is 1. The topological polar surface area (TPSA) is 136 Å². The van der Waals surface area contributed by atoms with Crippen molar-refractivity contribution in [2.45, 2.75) is 58.3 Å². The number of nitro benzene ring substituents is 1. The van der Waals surface area contributed by atoms with E-state index in [1.165, 1.54) is 24.3 Å². The second-order valence-corrected chi connectivity index (χ2v) is 11.0. The SMILES string of the molecule is CC1(C)CC(=O)/C(=C(/O)CCc2noc3c2C(=O)CC(c2ccccc2)C3)C(=Nc2ccc([N+](=O)[O-])cc2)C1. The average molecular weight is 528 g/mol. The number of ketones is 2. The van der Waals surface area contributed by atoms with Crippen molar-refractivity contribution in [1.29, 1.82) is 0 Å². The summed E-state index contributed by atoms with van der Waals surface area (Å²) in [4.78, 5) is 41.3. The van der Waals surface area contributed by atoms with E-state index in [9.17, 15) is 24.8 Å². The van der Waals surface area contributed by atoms with Crippen LogP contribution in [-0.2, 0) is 17.6 Å². The van der Waals surface area contributed by atoms with Gasteiger partial charge in [-0.2, -0.15) is 0 Å². The molecule has 3 aromatic rings. The first kappa shape index (κ1) is 26.2. The van der Waals surface area contributed by atoms with E-state index >= 15 is 0 Å². The molecule has 1 saturated carbocycles. The van der Waals surface area contributed by atoms with Crippen molar-refractivity contribution in [2.75, 3.05) is 0 Å². The van der Waals surface area contributed by atoms with Gasteiger partial charge in [0.1, 0.15) is 11.5 Å². The van der Waals surface area contributed by atoms with Gasteiger partial charge in [-0.1, -0.05) is 49.3 Å². The van der Waals surface area contributed by atoms with Crippen molar-refractivity contribution in [1.82, 2.24) is 5.16 Å². The molecule has 2 aliphatic carbocycles. The zero-order valence-corrected chi connectivity index (χ0v) is 21.8. The molecule has 1 N–H and O–H groups in total. The average Bonchev–Trinajstić information content (AvgIpc) is 3.31. The van der Waals surface area contributed by atoms with Gasteiger partial charge in [0.2, 0.25) is 0 Å². The van der Waals surface area contributed by atoms with Crippen molar-refractivity contribution < 1.29 is 24.1 Å². The van der Waals surface area contributed by atoms with Gasteiger partial charge in [0.25, 0.3) is 5.69 Å². The van der Waals surface area contributed by atoms with Crippen LogP contribution in [-0.4, -0.2) is 32.5 Å². The number of aromatic nitrogens is 1. The maximum absolute atomic E-state index is 13.1. The number of benzene rings is 2. The summed E-state index contributed by atoms with van der Waals surface area (Å²) in [7, 11) is 0. The second kappa shape index (κ2) is 10.4. The number of non-ortho nitro benzene ring substituents is 1. The number of hydrogen-bond acceptors (Lipinski definition) is 8. The number of hydrogen-bond donors (Lipinski definition) is 1. The first-order valence-corrected chi connectivity index (χ1v) is 12.9. The number of aliphatic hydroxyl groups is 1. The van der Waals surface area contributed by atoms with E-state index in [0.717, 1.165) is 5.56 Å². The molecule has 0 radical (unpaired) electrons. The predicted molar refractivity (Wildman–Crippen MR) is 145 cm³/mol. The van der Waals surface area contributed by atoms with Gasteiger partial charge in [-0.25, -0.2) is 0 Å². The fourth-order valence-electron chi connectivity index (χ4n) is 5.45. The molecule has 0 amide bonds. The summed E-state index contributed by atoms with van der Waals surface area (Å²) in [5.74, 6) is 0.221. The van der Waals surface area contributed by atoms with Crippen molar-refractivity contribution in [3.8, 4) is 0 Å². The summed E-state index contributed by atoms with van der Waals surface area (Å²) >= 11 is 0. The van der Waals surface area contributed by atoms with E-state index in [0.29, 0.717) is 47.7 Å². The Morgan fingerprint density at radius 2 is 1.79 bits per heavy atom. The standard InChI is InChI=1S/C30H29N3O6/c1-30(2)16-23(31-20-8-10-21(11-9-20)33(37)38)28(26(36)17-30)24(34)13-12-22-29-25(35)14-19(15-27(29)39-32-22)18-6-4-3-5-7-18/h3-11,19,34H,12-17H2,1-2H3/b28-24+,31-23?. The molecule has 0 aliphatic heterocycles. The summed E-state index contributed by atoms with van der Waals surface area (Å²) in [5.41, 5.74) is 2.69. The number of Topliss-reactive ketones (excluding diaryl/α,β-unsaturated/α-hetero) is 2. The van der Waals surface area contributed by atoms with E-state index < -0.39 is 4.92 Å². The highest BCUT2D eigenvalue weighted by molar-refractivity contribution is 6.25. The molecular formula is C30H29N3O6. The van der Waals surface area contributed by atoms with Gasteiger partial charge >= 0.3 is 0 Å². The van der Waals surface area contributed by atoms with E-state index in [4.69, 9.17) is 4.52 Å². The molecule has 9 heteroatoms. The van der Waals surface area contributed by atoms with E-state index in [1.54, 1.807) is 0 Å². The molecule has 0 bridgehead atoms. The maximum atomic E-state index is 13.1. The van der Waals surface area contributed by atoms with Crippen LogP contribution in [0.15, 0.2) is 75.4 Å². The molecule has 0 spiro atoms. The number of nitro groups is 1. The Balaban J connectivity index is 1.39. The van der Waals surface area contributed by atoms with Gasteiger partial charge in [-0.05, 0) is 35.4 Å². The number of carbonyl (C=O) groups is 2. The Labute approximate surface area is 225 Å². The lowest BCUT2D eigenvalue weighted by molar-refractivity contribution is -0.384. The minimum atomic E-state index is -0.490. The van der Waals surface area contributed by atoms with Gasteiger partial charge < -0.3 is 9.63 Å². The van der Waals surface area contributed by atoms with Crippen LogP contribution in [0.2, 0.25) is 0 Å². The Hall–Kier alpha value is -4.40. The van der Waals surface area contributed by atoms with Crippen LogP contribution < -0.4 is 0 Å². The van der Waals surface area contributed by atoms with Crippen LogP contribution in [0.1, 0.15) is 72.8 Å². The highest BCUT2D eigenvalue weighted by atomic mass is 16.6. The normalized spacial score (nSPS) is 21.1. The first-order valence-electron chi connectivity index (χ1n) is 12.9. The maximum Gasteiger partial charge on any atom is 0.269 e. The molecule has 39 heavy (non-hydrogen) atoms. The molecule has 5 rings (SSSR count). The Morgan fingerprint density at radius 1 is 1.08 bits per heavy atom. The van der Waals surface area contributed by atoms with E-state index in [1.807, 2.05) is 44.2 Å². The Kier molecular flexibility index (Phi) is 6.99. The second-order valence-electron chi connectivity index (χ2n) is 11.0. The van der Waals surface area contributed by atoms with Gasteiger partial charge in [0, 0.05) is 44.2 Å². The number of carbonyl (C=O) groups excluding carboxylic acids is 2. The lowest BCUT2D eigenvalue weighted by Crippen LogP contribution is -2.32. The molecule has 1 unspecified atom stereocenters. The fraction of sp³-hybridized carbons (Fsp3) is 0.333.